The Hall–Kier alpha value is -5.25. The van der Waals surface area contributed by atoms with Crippen LogP contribution in [0.4, 0.5) is 0 Å². The molecule has 14 nitrogen and oxygen atoms in total. The number of ketones is 1. The van der Waals surface area contributed by atoms with Gasteiger partial charge in [-0.15, -0.1) is 0 Å². The number of hydrogen-bond acceptors (Lipinski definition) is 13. The van der Waals surface area contributed by atoms with Crippen LogP contribution in [-0.4, -0.2) is 104 Å². The van der Waals surface area contributed by atoms with Crippen LogP contribution in [0.3, 0.4) is 0 Å². The predicted octanol–water partition coefficient (Wildman–Crippen LogP) is 3.16. The second-order valence-electron chi connectivity index (χ2n) is 16.4. The normalized spacial score (nSPS) is 34.2. The summed E-state index contributed by atoms with van der Waals surface area (Å²) < 4.78 is 64.6. The second kappa shape index (κ2) is 15.4. The topological polar surface area (TPSA) is 215 Å². The molecule has 0 spiro atoms. The maximum absolute atomic E-state index is 15.0. The van der Waals surface area contributed by atoms with Crippen molar-refractivity contribution in [1.29, 1.82) is 0 Å². The summed E-state index contributed by atoms with van der Waals surface area (Å²) in [5.41, 5.74) is -8.71. The molecule has 2 saturated carbocycles. The van der Waals surface area contributed by atoms with Gasteiger partial charge in [-0.3, -0.25) is 14.4 Å². The maximum Gasteiger partial charge on any atom is 0.338 e. The van der Waals surface area contributed by atoms with Gasteiger partial charge in [0.05, 0.1) is 42.5 Å². The van der Waals surface area contributed by atoms with E-state index in [9.17, 15) is 39.6 Å². The molecule has 0 radical (unpaired) electrons. The summed E-state index contributed by atoms with van der Waals surface area (Å²) in [6.45, 7) is 6.55. The molecule has 1 amide bonds. The van der Waals surface area contributed by atoms with Crippen molar-refractivity contribution in [3.8, 4) is 0 Å². The molecule has 1 saturated heterocycles. The minimum Gasteiger partial charge on any atom is -0.456 e. The Balaban J connectivity index is 1.34. The Labute approximate surface area is 348 Å². The van der Waals surface area contributed by atoms with Gasteiger partial charge in [-0.1, -0.05) is 80.5 Å². The molecule has 3 aromatic rings. The number of ether oxygens (including phenoxy) is 4. The lowest BCUT2D eigenvalue weighted by Crippen LogP contribution is -2.81. The van der Waals surface area contributed by atoms with Gasteiger partial charge in [0.1, 0.15) is 30.0 Å². The first-order valence-corrected chi connectivity index (χ1v) is 19.2. The average molecular weight is 817 g/mol. The fourth-order valence-corrected chi connectivity index (χ4v) is 9.70. The van der Waals surface area contributed by atoms with Crippen molar-refractivity contribution in [2.45, 2.75) is 101 Å². The fraction of sp³-hybridized carbons (Fsp3) is 0.444. The number of esters is 3. The number of hydrogen-bond donors (Lipinski definition) is 5. The molecule has 1 heterocycles. The molecule has 0 aromatic heterocycles. The number of Topliss-reactive ketones (excluding diaryl/α,β-unsaturated/α-hetero) is 1. The summed E-state index contributed by atoms with van der Waals surface area (Å²) in [5, 5.41) is 51.8. The van der Waals surface area contributed by atoms with Gasteiger partial charge >= 0.3 is 17.9 Å². The lowest BCUT2D eigenvalue weighted by molar-refractivity contribution is -0.346. The van der Waals surface area contributed by atoms with E-state index in [1.165, 1.54) is 64.1 Å². The second-order valence-corrected chi connectivity index (χ2v) is 16.4. The third-order valence-electron chi connectivity index (χ3n) is 12.9. The molecule has 3 fully saturated rings. The molecule has 3 aromatic carbocycles. The van der Waals surface area contributed by atoms with Crippen molar-refractivity contribution in [2.24, 2.45) is 16.7 Å². The molecule has 14 heteroatoms. The lowest BCUT2D eigenvalue weighted by atomic mass is 9.44. The molecule has 4 unspecified atom stereocenters. The monoisotopic (exact) mass is 816 g/mol. The van der Waals surface area contributed by atoms with E-state index in [1.807, 2.05) is 0 Å². The Morgan fingerprint density at radius 3 is 2.15 bits per heavy atom. The zero-order chi connectivity index (χ0) is 47.0. The quantitative estimate of drug-likeness (QED) is 0.119. The van der Waals surface area contributed by atoms with Crippen molar-refractivity contribution in [3.05, 3.63) is 119 Å². The molecule has 312 valence electrons. The molecule has 11 atom stereocenters. The van der Waals surface area contributed by atoms with E-state index >= 15 is 4.79 Å². The molecule has 7 rings (SSSR count). The Morgan fingerprint density at radius 1 is 0.932 bits per heavy atom. The van der Waals surface area contributed by atoms with E-state index in [-0.39, 0.29) is 35.3 Å². The van der Waals surface area contributed by atoms with Crippen LogP contribution in [-0.2, 0) is 33.3 Å². The van der Waals surface area contributed by atoms with Crippen LogP contribution in [0.25, 0.3) is 0 Å². The summed E-state index contributed by atoms with van der Waals surface area (Å²) in [6, 6.07) is 9.57. The summed E-state index contributed by atoms with van der Waals surface area (Å²) in [7, 11) is 0. The van der Waals surface area contributed by atoms with Crippen LogP contribution in [0.5, 0.6) is 0 Å². The number of carbonyl (C=O) groups is 5. The number of rotatable bonds is 9. The largest absolute Gasteiger partial charge is 0.456 e. The van der Waals surface area contributed by atoms with Crippen LogP contribution in [0.2, 0.25) is 0 Å². The molecule has 3 aliphatic carbocycles. The highest BCUT2D eigenvalue weighted by molar-refractivity contribution is 5.95. The summed E-state index contributed by atoms with van der Waals surface area (Å²) in [5.74, 6) is -6.98. The van der Waals surface area contributed by atoms with Gasteiger partial charge in [-0.25, -0.2) is 9.59 Å². The summed E-state index contributed by atoms with van der Waals surface area (Å²) in [4.78, 5) is 70.1. The Morgan fingerprint density at radius 2 is 1.56 bits per heavy atom. The van der Waals surface area contributed by atoms with Gasteiger partial charge in [0.25, 0.3) is 5.91 Å². The Bertz CT molecular complexity index is 2420. The van der Waals surface area contributed by atoms with Gasteiger partial charge < -0.3 is 44.7 Å². The predicted molar refractivity (Wildman–Crippen MR) is 208 cm³/mol. The number of carbonyl (C=O) groups excluding carboxylic acids is 5. The number of aliphatic hydroxyl groups excluding tert-OH is 3. The van der Waals surface area contributed by atoms with Crippen LogP contribution in [0.1, 0.15) is 86.6 Å². The molecule has 2 bridgehead atoms. The molecule has 1 aliphatic heterocycles. The number of amides is 1. The average Bonchev–Trinajstić information content (AvgIpc) is 3.25. The minimum absolute atomic E-state index is 0.0322. The van der Waals surface area contributed by atoms with E-state index in [0.717, 1.165) is 6.92 Å². The standard InChI is InChI=1S/C45H49NO13/c1-24-29(57-41(54)35(50)33(26-15-9-6-10-16-26)46-39(52)27-17-11-7-12-18-27)22-45(55)38(58-40(53)28-19-13-8-14-20-28)36-43(5,37(51)34(49)32(24)42(45,3)4)30(48)21-31-44(36,23-56-31)59-25(2)47/h6-20,29-31,33-36,38,48-50,55H,21-23H2,1-5H3,(H,46,52)/t29-,30+,31?,33-,34-,35+,36?,38?,43-,44?,45+/m1/s1/i7D,11D,12D,17D,18D. The SMILES string of the molecule is [2H]c1c([2H])c([2H])c(C(=O)N[C@H](c2ccccc2)[C@H](O)C(=O)O[C@@H]2C[C@]3(O)C(OC(=O)c4ccccc4)C4C5(OC(C)=O)COC5C[C@H](O)[C@@]4(C)C(=O)[C@H](O)C(=C2C)C3(C)C)c([2H])c1[2H]. The van der Waals surface area contributed by atoms with Crippen molar-refractivity contribution < 1.29 is 70.2 Å². The third kappa shape index (κ3) is 6.76. The summed E-state index contributed by atoms with van der Waals surface area (Å²) >= 11 is 0. The lowest BCUT2D eigenvalue weighted by Gasteiger charge is -2.67. The highest BCUT2D eigenvalue weighted by Crippen LogP contribution is 2.64. The molecular weight excluding hydrogens is 762 g/mol. The number of fused-ring (bicyclic) bond motifs is 5. The van der Waals surface area contributed by atoms with Gasteiger partial charge in [0.15, 0.2) is 17.5 Å². The minimum atomic E-state index is -2.45. The molecule has 4 aliphatic rings. The van der Waals surface area contributed by atoms with Gasteiger partial charge in [0.2, 0.25) is 0 Å². The van der Waals surface area contributed by atoms with Crippen LogP contribution in [0, 0.1) is 16.7 Å². The van der Waals surface area contributed by atoms with Gasteiger partial charge in [-0.05, 0) is 54.8 Å². The van der Waals surface area contributed by atoms with Gasteiger partial charge in [-0.2, -0.15) is 0 Å². The zero-order valence-electron chi connectivity index (χ0n) is 38.0. The van der Waals surface area contributed by atoms with Crippen molar-refractivity contribution in [2.75, 3.05) is 6.61 Å². The van der Waals surface area contributed by atoms with E-state index in [1.54, 1.807) is 24.3 Å². The van der Waals surface area contributed by atoms with Crippen molar-refractivity contribution in [1.82, 2.24) is 5.32 Å². The third-order valence-corrected chi connectivity index (χ3v) is 12.9. The smallest absolute Gasteiger partial charge is 0.338 e. The number of benzene rings is 3. The highest BCUT2D eigenvalue weighted by atomic mass is 16.6. The molecule has 59 heavy (non-hydrogen) atoms. The molecule has 5 N–H and O–H groups in total. The number of aliphatic hydroxyl groups is 4. The highest BCUT2D eigenvalue weighted by Gasteiger charge is 2.78. The van der Waals surface area contributed by atoms with Crippen LogP contribution < -0.4 is 5.32 Å². The fourth-order valence-electron chi connectivity index (χ4n) is 9.70. The van der Waals surface area contributed by atoms with Gasteiger partial charge in [0, 0.05) is 30.7 Å². The first-order chi connectivity index (χ1) is 29.9. The Kier molecular flexibility index (Phi) is 9.32. The summed E-state index contributed by atoms with van der Waals surface area (Å²) in [6.07, 6.45) is -11.3. The van der Waals surface area contributed by atoms with E-state index in [0.29, 0.717) is 0 Å². The molecular formula is C45H49NO13. The maximum atomic E-state index is 15.0. The first-order valence-electron chi connectivity index (χ1n) is 21.7. The van der Waals surface area contributed by atoms with Crippen molar-refractivity contribution >= 4 is 29.6 Å². The zero-order valence-corrected chi connectivity index (χ0v) is 33.0. The van der Waals surface area contributed by atoms with E-state index < -0.39 is 142 Å². The first kappa shape index (κ1) is 35.7. The van der Waals surface area contributed by atoms with Crippen molar-refractivity contribution in [3.63, 3.8) is 0 Å². The van der Waals surface area contributed by atoms with Crippen LogP contribution in [0.15, 0.2) is 102 Å². The number of nitrogens with one attached hydrogen (secondary N) is 1. The van der Waals surface area contributed by atoms with E-state index in [2.05, 4.69) is 5.32 Å². The van der Waals surface area contributed by atoms with Crippen LogP contribution >= 0.6 is 0 Å². The van der Waals surface area contributed by atoms with E-state index in [4.69, 9.17) is 25.8 Å².